The van der Waals surface area contributed by atoms with Crippen LogP contribution in [-0.2, 0) is 17.5 Å². The number of nitrogens with one attached hydrogen (secondary N) is 2. The van der Waals surface area contributed by atoms with Crippen LogP contribution in [0.4, 0.5) is 28.9 Å². The van der Waals surface area contributed by atoms with E-state index in [9.17, 15) is 22.8 Å². The highest BCUT2D eigenvalue weighted by Crippen LogP contribution is 2.38. The minimum atomic E-state index is -4.93. The molecule has 0 aliphatic carbocycles. The summed E-state index contributed by atoms with van der Waals surface area (Å²) in [5.74, 6) is -1.64. The van der Waals surface area contributed by atoms with Gasteiger partial charge in [-0.05, 0) is 27.0 Å². The van der Waals surface area contributed by atoms with Gasteiger partial charge in [-0.15, -0.1) is 11.3 Å². The molecule has 0 saturated carbocycles. The zero-order valence-corrected chi connectivity index (χ0v) is 24.2. The van der Waals surface area contributed by atoms with Crippen LogP contribution in [0.2, 0.25) is 0 Å². The Labute approximate surface area is 244 Å². The number of nitrogens with zero attached hydrogens (tertiary/aromatic N) is 4. The standard InChI is InChI=1S/C28H32F4N6O3S/c1-16-13-38(14-17(2)36(16)3)24-10-22(29)19(27-34-11-18(42-27)15-37-4-6-41-7-5-37)8-23(24)35-26(40)20-12-33-25(39)9-21(20)28(30,31)32/h8-12,16-17H,4-7,13-15H2,1-3H3,(H,33,39)(H,35,40)/t16-,17+. The molecule has 2 aliphatic rings. The van der Waals surface area contributed by atoms with E-state index in [1.54, 1.807) is 6.20 Å². The summed E-state index contributed by atoms with van der Waals surface area (Å²) in [6.07, 6.45) is -2.51. The number of carbonyl (C=O) groups excluding carboxylic acids is 1. The monoisotopic (exact) mass is 608 g/mol. The first-order valence-corrected chi connectivity index (χ1v) is 14.4. The smallest absolute Gasteiger partial charge is 0.379 e. The summed E-state index contributed by atoms with van der Waals surface area (Å²) >= 11 is 1.31. The Morgan fingerprint density at radius 2 is 1.86 bits per heavy atom. The van der Waals surface area contributed by atoms with Crippen LogP contribution in [0.1, 0.15) is 34.6 Å². The average molecular weight is 609 g/mol. The summed E-state index contributed by atoms with van der Waals surface area (Å²) in [5, 5.41) is 2.97. The topological polar surface area (TPSA) is 93.8 Å². The van der Waals surface area contributed by atoms with Crippen molar-refractivity contribution >= 4 is 28.6 Å². The number of likely N-dealkylation sites (N-methyl/N-ethyl adjacent to an activating group) is 1. The molecule has 0 spiro atoms. The first-order chi connectivity index (χ1) is 19.9. The van der Waals surface area contributed by atoms with Crippen molar-refractivity contribution in [2.45, 2.75) is 38.7 Å². The lowest BCUT2D eigenvalue weighted by molar-refractivity contribution is -0.138. The van der Waals surface area contributed by atoms with Crippen molar-refractivity contribution in [3.63, 3.8) is 0 Å². The molecule has 226 valence electrons. The van der Waals surface area contributed by atoms with E-state index in [2.05, 4.69) is 25.1 Å². The van der Waals surface area contributed by atoms with E-state index in [1.807, 2.05) is 25.8 Å². The van der Waals surface area contributed by atoms with Gasteiger partial charge in [0.1, 0.15) is 10.8 Å². The molecular formula is C28H32F4N6O3S. The maximum atomic E-state index is 15.7. The number of benzene rings is 1. The van der Waals surface area contributed by atoms with Crippen molar-refractivity contribution in [3.8, 4) is 10.6 Å². The third-order valence-electron chi connectivity index (χ3n) is 7.78. The molecule has 3 aromatic rings. The van der Waals surface area contributed by atoms with Crippen LogP contribution in [0.15, 0.2) is 35.4 Å². The van der Waals surface area contributed by atoms with Gasteiger partial charge in [0.15, 0.2) is 0 Å². The third-order valence-corrected chi connectivity index (χ3v) is 8.79. The van der Waals surface area contributed by atoms with Crippen molar-refractivity contribution in [2.24, 2.45) is 0 Å². The summed E-state index contributed by atoms with van der Waals surface area (Å²) in [4.78, 5) is 38.7. The van der Waals surface area contributed by atoms with Crippen LogP contribution in [-0.4, -0.2) is 84.2 Å². The maximum Gasteiger partial charge on any atom is 0.417 e. The highest BCUT2D eigenvalue weighted by molar-refractivity contribution is 7.15. The molecule has 4 heterocycles. The Morgan fingerprint density at radius 3 is 2.52 bits per heavy atom. The van der Waals surface area contributed by atoms with Crippen molar-refractivity contribution in [2.75, 3.05) is 56.7 Å². The second kappa shape index (κ2) is 12.1. The second-order valence-electron chi connectivity index (χ2n) is 10.7. The number of halogens is 4. The van der Waals surface area contributed by atoms with Gasteiger partial charge in [0.05, 0.1) is 35.7 Å². The summed E-state index contributed by atoms with van der Waals surface area (Å²) in [6.45, 7) is 8.53. The molecular weight excluding hydrogens is 576 g/mol. The molecule has 1 amide bonds. The van der Waals surface area contributed by atoms with E-state index in [0.717, 1.165) is 24.2 Å². The fourth-order valence-electron chi connectivity index (χ4n) is 5.26. The van der Waals surface area contributed by atoms with E-state index in [0.29, 0.717) is 49.6 Å². The SMILES string of the molecule is C[C@@H]1CN(c2cc(F)c(-c3ncc(CN4CCOCC4)s3)cc2NC(=O)c2c[nH]c(=O)cc2C(F)(F)F)C[C@H](C)N1C. The maximum absolute atomic E-state index is 15.7. The second-order valence-corrected chi connectivity index (χ2v) is 11.8. The van der Waals surface area contributed by atoms with Gasteiger partial charge in [-0.25, -0.2) is 9.37 Å². The van der Waals surface area contributed by atoms with Gasteiger partial charge >= 0.3 is 6.18 Å². The van der Waals surface area contributed by atoms with Gasteiger partial charge in [0.25, 0.3) is 5.91 Å². The number of thiazole rings is 1. The van der Waals surface area contributed by atoms with Gasteiger partial charge < -0.3 is 19.9 Å². The van der Waals surface area contributed by atoms with E-state index in [1.165, 1.54) is 23.5 Å². The van der Waals surface area contributed by atoms with Crippen LogP contribution in [0.3, 0.4) is 0 Å². The van der Waals surface area contributed by atoms with Crippen LogP contribution < -0.4 is 15.8 Å². The number of H-pyrrole nitrogens is 1. The number of rotatable bonds is 6. The number of piperazine rings is 1. The number of aromatic nitrogens is 2. The summed E-state index contributed by atoms with van der Waals surface area (Å²) in [6, 6.07) is 3.26. The number of alkyl halides is 3. The van der Waals surface area contributed by atoms with Gasteiger partial charge in [0.2, 0.25) is 5.56 Å². The van der Waals surface area contributed by atoms with Crippen molar-refractivity contribution < 1.29 is 27.1 Å². The lowest BCUT2D eigenvalue weighted by atomic mass is 10.1. The zero-order valence-electron chi connectivity index (χ0n) is 23.4. The highest BCUT2D eigenvalue weighted by Gasteiger charge is 2.36. The molecule has 0 bridgehead atoms. The number of morpholine rings is 1. The van der Waals surface area contributed by atoms with Crippen molar-refractivity contribution in [3.05, 3.63) is 62.8 Å². The number of hydrogen-bond acceptors (Lipinski definition) is 8. The zero-order chi connectivity index (χ0) is 30.2. The quantitative estimate of drug-likeness (QED) is 0.404. The molecule has 2 aliphatic heterocycles. The van der Waals surface area contributed by atoms with Crippen LogP contribution in [0.25, 0.3) is 10.6 Å². The predicted molar refractivity (Wildman–Crippen MR) is 153 cm³/mol. The largest absolute Gasteiger partial charge is 0.417 e. The van der Waals surface area contributed by atoms with E-state index < -0.39 is 34.6 Å². The molecule has 0 unspecified atom stereocenters. The number of pyridine rings is 1. The molecule has 9 nitrogen and oxygen atoms in total. The van der Waals surface area contributed by atoms with Gasteiger partial charge in [0, 0.05) is 79.8 Å². The number of anilines is 2. The molecule has 5 rings (SSSR count). The first-order valence-electron chi connectivity index (χ1n) is 13.6. The fraction of sp³-hybridized carbons (Fsp3) is 0.464. The van der Waals surface area contributed by atoms with Crippen LogP contribution in [0, 0.1) is 5.82 Å². The number of hydrogen-bond donors (Lipinski definition) is 2. The normalized spacial score (nSPS) is 20.6. The summed E-state index contributed by atoms with van der Waals surface area (Å²) in [7, 11) is 1.99. The van der Waals surface area contributed by atoms with Crippen molar-refractivity contribution in [1.82, 2.24) is 19.8 Å². The number of carbonyl (C=O) groups is 1. The van der Waals surface area contributed by atoms with Gasteiger partial charge in [-0.2, -0.15) is 13.2 Å². The fourth-order valence-corrected chi connectivity index (χ4v) is 6.23. The van der Waals surface area contributed by atoms with Crippen LogP contribution in [0.5, 0.6) is 0 Å². The summed E-state index contributed by atoms with van der Waals surface area (Å²) < 4.78 is 62.3. The van der Waals surface area contributed by atoms with Crippen molar-refractivity contribution in [1.29, 1.82) is 0 Å². The Hall–Kier alpha value is -3.33. The Bertz CT molecular complexity index is 1490. The molecule has 2 saturated heterocycles. The third kappa shape index (κ3) is 6.51. The van der Waals surface area contributed by atoms with Gasteiger partial charge in [-0.1, -0.05) is 0 Å². The highest BCUT2D eigenvalue weighted by atomic mass is 32.1. The molecule has 2 atom stereocenters. The summed E-state index contributed by atoms with van der Waals surface area (Å²) in [5.41, 5.74) is -2.48. The Kier molecular flexibility index (Phi) is 8.69. The van der Waals surface area contributed by atoms with Crippen LogP contribution >= 0.6 is 11.3 Å². The molecule has 1 aromatic carbocycles. The van der Waals surface area contributed by atoms with Gasteiger partial charge in [-0.3, -0.25) is 19.4 Å². The Morgan fingerprint density at radius 1 is 1.17 bits per heavy atom. The lowest BCUT2D eigenvalue weighted by Crippen LogP contribution is -2.55. The molecule has 0 radical (unpaired) electrons. The molecule has 14 heteroatoms. The predicted octanol–water partition coefficient (Wildman–Crippen LogP) is 4.27. The van der Waals surface area contributed by atoms with E-state index in [4.69, 9.17) is 4.74 Å². The lowest BCUT2D eigenvalue weighted by Gasteiger charge is -2.44. The average Bonchev–Trinajstić information content (AvgIpc) is 3.40. The molecule has 2 aromatic heterocycles. The molecule has 42 heavy (non-hydrogen) atoms. The minimum absolute atomic E-state index is 0.0952. The number of aromatic amines is 1. The molecule has 2 fully saturated rings. The Balaban J connectivity index is 1.52. The van der Waals surface area contributed by atoms with E-state index >= 15 is 4.39 Å². The molecule has 2 N–H and O–H groups in total. The van der Waals surface area contributed by atoms with E-state index in [-0.39, 0.29) is 23.3 Å². The number of ether oxygens (including phenoxy) is 1. The number of amides is 1. The first kappa shape index (κ1) is 30.1. The minimum Gasteiger partial charge on any atom is -0.379 e.